The minimum atomic E-state index is 1.02. The molecule has 2 nitrogen and oxygen atoms in total. The number of nitrogens with one attached hydrogen (secondary N) is 1. The van der Waals surface area contributed by atoms with Crippen LogP contribution in [0.1, 0.15) is 26.7 Å². The fraction of sp³-hybridized carbons (Fsp3) is 1.00. The van der Waals surface area contributed by atoms with E-state index in [4.69, 9.17) is 0 Å². The first-order chi connectivity index (χ1) is 4.85. The Balaban J connectivity index is 3.21. The zero-order valence-electron chi connectivity index (χ0n) is 7.48. The van der Waals surface area contributed by atoms with Gasteiger partial charge in [-0.15, -0.1) is 0 Å². The Morgan fingerprint density at radius 2 is 2.00 bits per heavy atom. The van der Waals surface area contributed by atoms with Gasteiger partial charge < -0.3 is 5.32 Å². The molecule has 0 aromatic rings. The molecule has 10 heavy (non-hydrogen) atoms. The van der Waals surface area contributed by atoms with Gasteiger partial charge in [0.2, 0.25) is 0 Å². The van der Waals surface area contributed by atoms with E-state index < -0.39 is 0 Å². The lowest BCUT2D eigenvalue weighted by atomic mass is 10.3. The van der Waals surface area contributed by atoms with Gasteiger partial charge in [-0.3, -0.25) is 4.90 Å². The molecule has 0 rings (SSSR count). The summed E-state index contributed by atoms with van der Waals surface area (Å²) in [4.78, 5) is 2.41. The molecule has 0 saturated carbocycles. The van der Waals surface area contributed by atoms with Crippen LogP contribution in [0.25, 0.3) is 0 Å². The van der Waals surface area contributed by atoms with Crippen molar-refractivity contribution >= 4 is 0 Å². The molecule has 0 radical (unpaired) electrons. The quantitative estimate of drug-likeness (QED) is 0.565. The van der Waals surface area contributed by atoms with Gasteiger partial charge >= 0.3 is 0 Å². The van der Waals surface area contributed by atoms with Crippen LogP contribution in [0.4, 0.5) is 0 Å². The highest BCUT2D eigenvalue weighted by Gasteiger charge is 1.96. The summed E-state index contributed by atoms with van der Waals surface area (Å²) in [6.45, 7) is 7.84. The van der Waals surface area contributed by atoms with Crippen molar-refractivity contribution in [3.8, 4) is 0 Å². The lowest BCUT2D eigenvalue weighted by molar-refractivity contribution is 0.269. The molecular weight excluding hydrogens is 124 g/mol. The fourth-order valence-electron chi connectivity index (χ4n) is 0.954. The number of rotatable bonds is 6. The van der Waals surface area contributed by atoms with Crippen molar-refractivity contribution in [2.45, 2.75) is 26.7 Å². The van der Waals surface area contributed by atoms with E-state index >= 15 is 0 Å². The third kappa shape index (κ3) is 4.77. The maximum absolute atomic E-state index is 3.15. The number of unbranched alkanes of at least 4 members (excludes halogenated alkanes) is 1. The molecule has 62 valence electrons. The summed E-state index contributed by atoms with van der Waals surface area (Å²) in [7, 11) is 1.99. The molecule has 0 amide bonds. The second-order valence-electron chi connectivity index (χ2n) is 2.58. The van der Waals surface area contributed by atoms with Gasteiger partial charge in [-0.1, -0.05) is 20.3 Å². The normalized spacial score (nSPS) is 10.8. The third-order valence-electron chi connectivity index (χ3n) is 1.66. The first-order valence-corrected chi connectivity index (χ1v) is 4.22. The molecule has 2 heteroatoms. The van der Waals surface area contributed by atoms with E-state index in [0.29, 0.717) is 0 Å². The molecule has 0 aliphatic carbocycles. The second kappa shape index (κ2) is 7.03. The summed E-state index contributed by atoms with van der Waals surface area (Å²) < 4.78 is 0. The molecule has 0 aromatic heterocycles. The summed E-state index contributed by atoms with van der Waals surface area (Å²) in [6.07, 6.45) is 2.61. The van der Waals surface area contributed by atoms with E-state index in [1.165, 1.54) is 19.4 Å². The summed E-state index contributed by atoms with van der Waals surface area (Å²) in [5.74, 6) is 0. The monoisotopic (exact) mass is 144 g/mol. The fourth-order valence-corrected chi connectivity index (χ4v) is 0.954. The first kappa shape index (κ1) is 9.92. The van der Waals surface area contributed by atoms with Crippen molar-refractivity contribution in [3.63, 3.8) is 0 Å². The van der Waals surface area contributed by atoms with E-state index in [9.17, 15) is 0 Å². The minimum absolute atomic E-state index is 1.02. The highest BCUT2D eigenvalue weighted by atomic mass is 15.2. The van der Waals surface area contributed by atoms with E-state index in [1.807, 2.05) is 7.05 Å². The Bertz CT molecular complexity index is 64.3. The lowest BCUT2D eigenvalue weighted by Crippen LogP contribution is -2.32. The molecule has 0 bridgehead atoms. The van der Waals surface area contributed by atoms with Gasteiger partial charge in [0, 0.05) is 6.67 Å². The van der Waals surface area contributed by atoms with E-state index in [1.54, 1.807) is 0 Å². The molecule has 0 spiro atoms. The molecular formula is C8H20N2. The zero-order valence-corrected chi connectivity index (χ0v) is 7.48. The van der Waals surface area contributed by atoms with E-state index in [-0.39, 0.29) is 0 Å². The Morgan fingerprint density at radius 3 is 2.40 bits per heavy atom. The summed E-state index contributed by atoms with van der Waals surface area (Å²) in [5, 5.41) is 3.15. The van der Waals surface area contributed by atoms with Crippen molar-refractivity contribution in [1.82, 2.24) is 10.2 Å². The SMILES string of the molecule is CCCCN(CC)CNC. The van der Waals surface area contributed by atoms with Crippen molar-refractivity contribution in [2.75, 3.05) is 26.8 Å². The van der Waals surface area contributed by atoms with Crippen LogP contribution in [-0.2, 0) is 0 Å². The highest BCUT2D eigenvalue weighted by molar-refractivity contribution is 4.50. The van der Waals surface area contributed by atoms with E-state index in [0.717, 1.165) is 13.2 Å². The molecule has 0 aliphatic heterocycles. The van der Waals surface area contributed by atoms with Crippen LogP contribution in [-0.4, -0.2) is 31.7 Å². The van der Waals surface area contributed by atoms with Crippen LogP contribution < -0.4 is 5.32 Å². The van der Waals surface area contributed by atoms with Crippen LogP contribution in [0.3, 0.4) is 0 Å². The molecule has 0 atom stereocenters. The van der Waals surface area contributed by atoms with Gasteiger partial charge in [-0.05, 0) is 26.6 Å². The van der Waals surface area contributed by atoms with Crippen LogP contribution >= 0.6 is 0 Å². The first-order valence-electron chi connectivity index (χ1n) is 4.22. The van der Waals surface area contributed by atoms with Gasteiger partial charge in [0.15, 0.2) is 0 Å². The summed E-state index contributed by atoms with van der Waals surface area (Å²) >= 11 is 0. The standard InChI is InChI=1S/C8H20N2/c1-4-6-7-10(5-2)8-9-3/h9H,4-8H2,1-3H3. The molecule has 0 aliphatic rings. The van der Waals surface area contributed by atoms with Crippen molar-refractivity contribution in [1.29, 1.82) is 0 Å². The molecule has 1 N–H and O–H groups in total. The van der Waals surface area contributed by atoms with Gasteiger partial charge in [0.05, 0.1) is 0 Å². The third-order valence-corrected chi connectivity index (χ3v) is 1.66. The molecule has 0 saturated heterocycles. The van der Waals surface area contributed by atoms with Crippen LogP contribution in [0, 0.1) is 0 Å². The van der Waals surface area contributed by atoms with Crippen LogP contribution in [0.2, 0.25) is 0 Å². The van der Waals surface area contributed by atoms with Crippen molar-refractivity contribution < 1.29 is 0 Å². The van der Waals surface area contributed by atoms with Gasteiger partial charge in [-0.2, -0.15) is 0 Å². The number of hydrogen-bond donors (Lipinski definition) is 1. The zero-order chi connectivity index (χ0) is 7.82. The van der Waals surface area contributed by atoms with Crippen LogP contribution in [0.15, 0.2) is 0 Å². The smallest absolute Gasteiger partial charge is 0.0477 e. The largest absolute Gasteiger partial charge is 0.307 e. The van der Waals surface area contributed by atoms with Crippen LogP contribution in [0.5, 0.6) is 0 Å². The Kier molecular flexibility index (Phi) is 6.98. The minimum Gasteiger partial charge on any atom is -0.307 e. The van der Waals surface area contributed by atoms with E-state index in [2.05, 4.69) is 24.1 Å². The predicted octanol–water partition coefficient (Wildman–Crippen LogP) is 1.29. The van der Waals surface area contributed by atoms with Gasteiger partial charge in [-0.25, -0.2) is 0 Å². The van der Waals surface area contributed by atoms with Gasteiger partial charge in [0.1, 0.15) is 0 Å². The number of nitrogens with zero attached hydrogens (tertiary/aromatic N) is 1. The molecule has 0 unspecified atom stereocenters. The molecule has 0 fully saturated rings. The van der Waals surface area contributed by atoms with Gasteiger partial charge in [0.25, 0.3) is 0 Å². The highest BCUT2D eigenvalue weighted by Crippen LogP contribution is 1.91. The van der Waals surface area contributed by atoms with Crippen molar-refractivity contribution in [2.24, 2.45) is 0 Å². The lowest BCUT2D eigenvalue weighted by Gasteiger charge is -2.18. The number of hydrogen-bond acceptors (Lipinski definition) is 2. The summed E-state index contributed by atoms with van der Waals surface area (Å²) in [6, 6.07) is 0. The maximum Gasteiger partial charge on any atom is 0.0477 e. The predicted molar refractivity (Wildman–Crippen MR) is 46.1 cm³/mol. The maximum atomic E-state index is 3.15. The second-order valence-corrected chi connectivity index (χ2v) is 2.58. The Morgan fingerprint density at radius 1 is 1.30 bits per heavy atom. The average Bonchev–Trinajstić information content (AvgIpc) is 1.98. The molecule has 0 aromatic carbocycles. The Labute approximate surface area is 64.6 Å². The summed E-state index contributed by atoms with van der Waals surface area (Å²) in [5.41, 5.74) is 0. The average molecular weight is 144 g/mol. The molecule has 0 heterocycles. The topological polar surface area (TPSA) is 15.3 Å². The Hall–Kier alpha value is -0.0800. The van der Waals surface area contributed by atoms with Crippen molar-refractivity contribution in [3.05, 3.63) is 0 Å².